The van der Waals surface area contributed by atoms with Crippen molar-refractivity contribution in [3.63, 3.8) is 0 Å². The molecule has 4 rings (SSSR count). The molecule has 6 nitrogen and oxygen atoms in total. The molecule has 1 aliphatic rings. The van der Waals surface area contributed by atoms with Gasteiger partial charge in [0.15, 0.2) is 0 Å². The molecule has 3 aromatic rings. The Morgan fingerprint density at radius 1 is 1.21 bits per heavy atom. The minimum atomic E-state index is -0.248. The summed E-state index contributed by atoms with van der Waals surface area (Å²) < 4.78 is 3.32. The fourth-order valence-corrected chi connectivity index (χ4v) is 3.43. The van der Waals surface area contributed by atoms with Crippen LogP contribution in [0, 0.1) is 0 Å². The van der Waals surface area contributed by atoms with E-state index in [-0.39, 0.29) is 23.0 Å². The molecule has 1 atom stereocenters. The summed E-state index contributed by atoms with van der Waals surface area (Å²) in [6, 6.07) is 8.97. The number of benzene rings is 1. The maximum absolute atomic E-state index is 13.1. The van der Waals surface area contributed by atoms with E-state index in [0.29, 0.717) is 12.0 Å². The molecule has 1 aromatic carbocycles. The Morgan fingerprint density at radius 2 is 1.92 bits per heavy atom. The van der Waals surface area contributed by atoms with Gasteiger partial charge in [0, 0.05) is 24.4 Å². The summed E-state index contributed by atoms with van der Waals surface area (Å²) in [5.41, 5.74) is 1.50. The number of hydrogen-bond acceptors (Lipinski definition) is 4. The van der Waals surface area contributed by atoms with Crippen molar-refractivity contribution in [1.29, 1.82) is 0 Å². The molecule has 0 fully saturated rings. The first-order chi connectivity index (χ1) is 11.7. The Balaban J connectivity index is 1.98. The van der Waals surface area contributed by atoms with Crippen LogP contribution >= 0.6 is 0 Å². The molecular weight excluding hydrogens is 304 g/mol. The second-order valence-corrected chi connectivity index (χ2v) is 5.92. The van der Waals surface area contributed by atoms with Crippen molar-refractivity contribution in [3.05, 3.63) is 70.8 Å². The van der Waals surface area contributed by atoms with Gasteiger partial charge in [-0.15, -0.1) is 0 Å². The maximum atomic E-state index is 13.1. The van der Waals surface area contributed by atoms with E-state index in [1.807, 2.05) is 18.2 Å². The van der Waals surface area contributed by atoms with E-state index in [1.54, 1.807) is 40.7 Å². The Kier molecular flexibility index (Phi) is 3.37. The van der Waals surface area contributed by atoms with Gasteiger partial charge in [0.1, 0.15) is 17.9 Å². The van der Waals surface area contributed by atoms with E-state index < -0.39 is 0 Å². The van der Waals surface area contributed by atoms with E-state index in [1.165, 1.54) is 6.33 Å². The van der Waals surface area contributed by atoms with Gasteiger partial charge in [0.25, 0.3) is 5.82 Å². The first kappa shape index (κ1) is 14.6. The summed E-state index contributed by atoms with van der Waals surface area (Å²) in [5, 5.41) is 12.7. The van der Waals surface area contributed by atoms with Crippen molar-refractivity contribution in [1.82, 2.24) is 14.5 Å². The number of hydrogen-bond donors (Lipinski definition) is 0. The number of aromatic nitrogens is 4. The van der Waals surface area contributed by atoms with Crippen LogP contribution in [0.4, 0.5) is 0 Å². The second kappa shape index (κ2) is 5.56. The highest BCUT2D eigenvalue weighted by Gasteiger charge is 2.36. The molecule has 120 valence electrons. The van der Waals surface area contributed by atoms with Gasteiger partial charge in [-0.25, -0.2) is 19.3 Å². The van der Waals surface area contributed by atoms with Gasteiger partial charge in [-0.1, -0.05) is 30.3 Å². The van der Waals surface area contributed by atoms with Crippen molar-refractivity contribution < 1.29 is 9.67 Å². The molecule has 0 radical (unpaired) electrons. The van der Waals surface area contributed by atoms with Crippen LogP contribution in [-0.2, 0) is 13.5 Å². The summed E-state index contributed by atoms with van der Waals surface area (Å²) in [5.74, 6) is 0.501. The van der Waals surface area contributed by atoms with E-state index in [0.717, 1.165) is 17.8 Å². The summed E-state index contributed by atoms with van der Waals surface area (Å²) in [7, 11) is 1.73. The van der Waals surface area contributed by atoms with Crippen LogP contribution in [0.5, 0.6) is 5.88 Å². The van der Waals surface area contributed by atoms with Crippen LogP contribution in [0.25, 0.3) is 11.1 Å². The van der Waals surface area contributed by atoms with Crippen LogP contribution < -0.4 is 15.2 Å². The maximum Gasteiger partial charge on any atom is 0.345 e. The molecule has 2 aromatic heterocycles. The molecule has 0 saturated heterocycles. The normalized spacial score (nSPS) is 16.1. The molecule has 24 heavy (non-hydrogen) atoms. The van der Waals surface area contributed by atoms with Crippen molar-refractivity contribution in [2.24, 2.45) is 7.05 Å². The summed E-state index contributed by atoms with van der Waals surface area (Å²) in [6.07, 6.45) is 6.36. The highest BCUT2D eigenvalue weighted by molar-refractivity contribution is 5.65. The van der Waals surface area contributed by atoms with Gasteiger partial charge >= 0.3 is 5.56 Å². The molecular formula is C18H16N4O2. The van der Waals surface area contributed by atoms with E-state index in [4.69, 9.17) is 0 Å². The van der Waals surface area contributed by atoms with Crippen molar-refractivity contribution in [2.75, 3.05) is 0 Å². The van der Waals surface area contributed by atoms with Gasteiger partial charge < -0.3 is 5.11 Å². The smallest absolute Gasteiger partial charge is 0.345 e. The first-order valence-electron chi connectivity index (χ1n) is 7.83. The largest absolute Gasteiger partial charge is 0.842 e. The fourth-order valence-electron chi connectivity index (χ4n) is 3.43. The average Bonchev–Trinajstić information content (AvgIpc) is 3.07. The lowest BCUT2D eigenvalue weighted by Gasteiger charge is -2.17. The third-order valence-electron chi connectivity index (χ3n) is 4.60. The summed E-state index contributed by atoms with van der Waals surface area (Å²) in [4.78, 5) is 21.2. The standard InChI is InChI=1S/C18H16N4O2/c1-21-15-8-7-14(13-9-19-11-20-10-13)22(15)18(24)16(17(21)23)12-5-3-2-4-6-12/h2-6,9-11,14H,7-8H2,1H3. The van der Waals surface area contributed by atoms with Crippen molar-refractivity contribution in [3.8, 4) is 17.0 Å². The lowest BCUT2D eigenvalue weighted by Crippen LogP contribution is -2.45. The molecule has 0 aliphatic carbocycles. The zero-order valence-electron chi connectivity index (χ0n) is 13.2. The van der Waals surface area contributed by atoms with Crippen LogP contribution in [0.15, 0.2) is 53.8 Å². The lowest BCUT2D eigenvalue weighted by molar-refractivity contribution is -0.723. The van der Waals surface area contributed by atoms with Gasteiger partial charge in [0.2, 0.25) is 0 Å². The molecule has 0 spiro atoms. The number of nitrogens with zero attached hydrogens (tertiary/aromatic N) is 4. The quantitative estimate of drug-likeness (QED) is 0.653. The van der Waals surface area contributed by atoms with Crippen LogP contribution in [0.2, 0.25) is 0 Å². The van der Waals surface area contributed by atoms with Crippen LogP contribution in [0.3, 0.4) is 0 Å². The average molecular weight is 320 g/mol. The molecule has 0 amide bonds. The van der Waals surface area contributed by atoms with Gasteiger partial charge in [-0.05, 0) is 5.56 Å². The first-order valence-corrected chi connectivity index (χ1v) is 7.83. The van der Waals surface area contributed by atoms with Gasteiger partial charge in [-0.2, -0.15) is 4.57 Å². The molecule has 0 bridgehead atoms. The van der Waals surface area contributed by atoms with Gasteiger partial charge in [0.05, 0.1) is 19.3 Å². The molecule has 0 N–H and O–H groups in total. The van der Waals surface area contributed by atoms with E-state index >= 15 is 0 Å². The van der Waals surface area contributed by atoms with Crippen molar-refractivity contribution >= 4 is 0 Å². The topological polar surface area (TPSA) is 74.7 Å². The van der Waals surface area contributed by atoms with Crippen LogP contribution in [0.1, 0.15) is 23.9 Å². The number of fused-ring (bicyclic) bond motifs is 1. The Hall–Kier alpha value is -3.02. The molecule has 1 unspecified atom stereocenters. The summed E-state index contributed by atoms with van der Waals surface area (Å²) >= 11 is 0. The second-order valence-electron chi connectivity index (χ2n) is 5.92. The van der Waals surface area contributed by atoms with Gasteiger partial charge in [-0.3, -0.25) is 0 Å². The van der Waals surface area contributed by atoms with Crippen LogP contribution in [-0.4, -0.2) is 14.5 Å². The summed E-state index contributed by atoms with van der Waals surface area (Å²) in [6.45, 7) is 0. The monoisotopic (exact) mass is 320 g/mol. The minimum absolute atomic E-state index is 0.136. The lowest BCUT2D eigenvalue weighted by atomic mass is 10.1. The predicted molar refractivity (Wildman–Crippen MR) is 85.3 cm³/mol. The van der Waals surface area contributed by atoms with E-state index in [9.17, 15) is 9.90 Å². The molecule has 6 heteroatoms. The Morgan fingerprint density at radius 3 is 2.62 bits per heavy atom. The highest BCUT2D eigenvalue weighted by atomic mass is 16.3. The van der Waals surface area contributed by atoms with Crippen molar-refractivity contribution in [2.45, 2.75) is 18.9 Å². The zero-order chi connectivity index (χ0) is 16.7. The van der Waals surface area contributed by atoms with E-state index in [2.05, 4.69) is 9.97 Å². The number of rotatable bonds is 2. The highest BCUT2D eigenvalue weighted by Crippen LogP contribution is 2.30. The molecule has 0 saturated carbocycles. The minimum Gasteiger partial charge on any atom is -0.842 e. The zero-order valence-corrected chi connectivity index (χ0v) is 13.2. The Labute approximate surface area is 138 Å². The fraction of sp³-hybridized carbons (Fsp3) is 0.222. The third kappa shape index (κ3) is 2.11. The molecule has 3 heterocycles. The predicted octanol–water partition coefficient (Wildman–Crippen LogP) is 0.739. The SMILES string of the molecule is C[n+]1c([O-])c(-c2ccccc2)c(=O)n2c1CCC2c1cncnc1. The third-order valence-corrected chi connectivity index (χ3v) is 4.60. The molecule has 1 aliphatic heterocycles. The Bertz CT molecular complexity index is 952.